The first-order chi connectivity index (χ1) is 7.69. The van der Waals surface area contributed by atoms with Crippen LogP contribution in [0.1, 0.15) is 26.2 Å². The zero-order chi connectivity index (χ0) is 13.6. The van der Waals surface area contributed by atoms with Crippen LogP contribution in [0.3, 0.4) is 0 Å². The summed E-state index contributed by atoms with van der Waals surface area (Å²) in [6, 6.07) is 0. The van der Waals surface area contributed by atoms with Crippen LogP contribution in [0.4, 0.5) is 0 Å². The standard InChI is InChI=1S/C9H15NO5S2/c1-5(11)10-9(8(14)15,4-6(12)13)3-2-7(16)17/h7,16-17H,2-4H2,1H3,(H,10,11)(H,12,13)(H,14,15). The van der Waals surface area contributed by atoms with Crippen molar-refractivity contribution in [3.63, 3.8) is 0 Å². The molecule has 0 aromatic carbocycles. The van der Waals surface area contributed by atoms with Gasteiger partial charge >= 0.3 is 11.9 Å². The van der Waals surface area contributed by atoms with Crippen molar-refractivity contribution in [2.45, 2.75) is 36.3 Å². The first-order valence-electron chi connectivity index (χ1n) is 4.79. The molecule has 0 saturated carbocycles. The average molecular weight is 281 g/mol. The normalized spacial score (nSPS) is 14.1. The summed E-state index contributed by atoms with van der Waals surface area (Å²) in [7, 11) is 0. The van der Waals surface area contributed by atoms with E-state index in [1.54, 1.807) is 0 Å². The maximum Gasteiger partial charge on any atom is 0.330 e. The van der Waals surface area contributed by atoms with Crippen molar-refractivity contribution in [1.82, 2.24) is 5.32 Å². The Labute approximate surface area is 110 Å². The third kappa shape index (κ3) is 5.83. The molecular formula is C9H15NO5S2. The van der Waals surface area contributed by atoms with Crippen LogP contribution in [0.25, 0.3) is 0 Å². The number of rotatable bonds is 7. The van der Waals surface area contributed by atoms with E-state index >= 15 is 0 Å². The first-order valence-corrected chi connectivity index (χ1v) is 5.83. The van der Waals surface area contributed by atoms with E-state index in [4.69, 9.17) is 10.2 Å². The van der Waals surface area contributed by atoms with Crippen LogP contribution in [0.5, 0.6) is 0 Å². The van der Waals surface area contributed by atoms with Gasteiger partial charge in [-0.3, -0.25) is 9.59 Å². The fourth-order valence-corrected chi connectivity index (χ4v) is 1.66. The van der Waals surface area contributed by atoms with Gasteiger partial charge in [0.05, 0.1) is 6.42 Å². The minimum Gasteiger partial charge on any atom is -0.481 e. The summed E-state index contributed by atoms with van der Waals surface area (Å²) in [5.41, 5.74) is -1.80. The van der Waals surface area contributed by atoms with Crippen LogP contribution in [-0.2, 0) is 14.4 Å². The molecule has 98 valence electrons. The van der Waals surface area contributed by atoms with Gasteiger partial charge in [-0.2, -0.15) is 25.3 Å². The molecule has 1 amide bonds. The number of aliphatic carboxylic acids is 2. The lowest BCUT2D eigenvalue weighted by atomic mass is 9.89. The van der Waals surface area contributed by atoms with Gasteiger partial charge in [-0.15, -0.1) is 0 Å². The van der Waals surface area contributed by atoms with Crippen LogP contribution in [-0.4, -0.2) is 38.2 Å². The lowest BCUT2D eigenvalue weighted by Gasteiger charge is -2.29. The summed E-state index contributed by atoms with van der Waals surface area (Å²) in [6.45, 7) is 1.14. The Kier molecular flexibility index (Phi) is 6.40. The van der Waals surface area contributed by atoms with Gasteiger partial charge in [0, 0.05) is 11.5 Å². The van der Waals surface area contributed by atoms with Crippen molar-refractivity contribution in [1.29, 1.82) is 0 Å². The SMILES string of the molecule is CC(=O)NC(CCC(S)S)(CC(=O)O)C(=O)O. The van der Waals surface area contributed by atoms with E-state index in [-0.39, 0.29) is 17.4 Å². The van der Waals surface area contributed by atoms with E-state index in [0.29, 0.717) is 0 Å². The number of carbonyl (C=O) groups is 3. The monoisotopic (exact) mass is 281 g/mol. The Balaban J connectivity index is 5.01. The molecule has 0 saturated heterocycles. The first kappa shape index (κ1) is 16.1. The van der Waals surface area contributed by atoms with Crippen molar-refractivity contribution >= 4 is 43.1 Å². The Hall–Kier alpha value is -0.890. The highest BCUT2D eigenvalue weighted by Crippen LogP contribution is 2.22. The van der Waals surface area contributed by atoms with Gasteiger partial charge in [-0.25, -0.2) is 4.79 Å². The third-order valence-corrected chi connectivity index (χ3v) is 2.62. The molecule has 1 unspecified atom stereocenters. The Morgan fingerprint density at radius 2 is 1.82 bits per heavy atom. The number of nitrogens with one attached hydrogen (secondary N) is 1. The summed E-state index contributed by atoms with van der Waals surface area (Å²) in [5, 5.41) is 20.0. The maximum absolute atomic E-state index is 11.2. The van der Waals surface area contributed by atoms with Gasteiger partial charge in [0.25, 0.3) is 0 Å². The zero-order valence-electron chi connectivity index (χ0n) is 9.21. The zero-order valence-corrected chi connectivity index (χ0v) is 11.0. The lowest BCUT2D eigenvalue weighted by molar-refractivity contribution is -0.153. The van der Waals surface area contributed by atoms with Crippen molar-refractivity contribution in [2.75, 3.05) is 0 Å². The summed E-state index contributed by atoms with van der Waals surface area (Å²) in [5.74, 6) is -3.27. The second-order valence-corrected chi connectivity index (χ2v) is 5.31. The highest BCUT2D eigenvalue weighted by molar-refractivity contribution is 7.99. The molecule has 0 aliphatic rings. The van der Waals surface area contributed by atoms with E-state index in [1.165, 1.54) is 0 Å². The summed E-state index contributed by atoms with van der Waals surface area (Å²) < 4.78 is -0.378. The molecule has 0 spiro atoms. The maximum atomic E-state index is 11.2. The number of hydrogen-bond donors (Lipinski definition) is 5. The largest absolute Gasteiger partial charge is 0.481 e. The van der Waals surface area contributed by atoms with Crippen molar-refractivity contribution < 1.29 is 24.6 Å². The summed E-state index contributed by atoms with van der Waals surface area (Å²) >= 11 is 7.94. The van der Waals surface area contributed by atoms with E-state index in [9.17, 15) is 14.4 Å². The highest BCUT2D eigenvalue weighted by Gasteiger charge is 2.41. The number of carbonyl (C=O) groups excluding carboxylic acids is 1. The highest BCUT2D eigenvalue weighted by atomic mass is 32.2. The lowest BCUT2D eigenvalue weighted by Crippen LogP contribution is -2.55. The number of hydrogen-bond acceptors (Lipinski definition) is 5. The summed E-state index contributed by atoms with van der Waals surface area (Å²) in [6.07, 6.45) is -0.478. The van der Waals surface area contributed by atoms with E-state index in [2.05, 4.69) is 30.6 Å². The smallest absolute Gasteiger partial charge is 0.330 e. The van der Waals surface area contributed by atoms with Crippen LogP contribution in [0.2, 0.25) is 0 Å². The minimum absolute atomic E-state index is 0.0497. The van der Waals surface area contributed by atoms with Gasteiger partial charge < -0.3 is 15.5 Å². The van der Waals surface area contributed by atoms with Gasteiger partial charge in [-0.1, -0.05) is 0 Å². The van der Waals surface area contributed by atoms with Gasteiger partial charge in [0.2, 0.25) is 5.91 Å². The van der Waals surface area contributed by atoms with Crippen LogP contribution in [0, 0.1) is 0 Å². The second kappa shape index (κ2) is 6.75. The molecule has 1 atom stereocenters. The molecule has 0 aliphatic carbocycles. The Morgan fingerprint density at radius 1 is 1.29 bits per heavy atom. The molecule has 0 fully saturated rings. The van der Waals surface area contributed by atoms with Crippen molar-refractivity contribution in [3.8, 4) is 0 Å². The molecule has 3 N–H and O–H groups in total. The molecule has 0 heterocycles. The number of carboxylic acid groups (broad SMARTS) is 2. The second-order valence-electron chi connectivity index (χ2n) is 3.66. The molecule has 0 bridgehead atoms. The third-order valence-electron chi connectivity index (χ3n) is 2.11. The quantitative estimate of drug-likeness (QED) is 0.343. The van der Waals surface area contributed by atoms with Gasteiger partial charge in [0.1, 0.15) is 5.54 Å². The van der Waals surface area contributed by atoms with Crippen molar-refractivity contribution in [3.05, 3.63) is 0 Å². The van der Waals surface area contributed by atoms with E-state index < -0.39 is 29.8 Å². The van der Waals surface area contributed by atoms with Crippen molar-refractivity contribution in [2.24, 2.45) is 0 Å². The predicted molar refractivity (Wildman–Crippen MR) is 67.4 cm³/mol. The van der Waals surface area contributed by atoms with E-state index in [1.807, 2.05) is 0 Å². The molecule has 0 rings (SSSR count). The summed E-state index contributed by atoms with van der Waals surface area (Å²) in [4.78, 5) is 32.9. The minimum atomic E-state index is -1.80. The molecule has 0 aliphatic heterocycles. The van der Waals surface area contributed by atoms with Crippen LogP contribution < -0.4 is 5.32 Å². The van der Waals surface area contributed by atoms with Gasteiger partial charge in [-0.05, 0) is 12.8 Å². The predicted octanol–water partition coefficient (Wildman–Crippen LogP) is 0.386. The molecule has 0 aromatic rings. The number of carboxylic acids is 2. The van der Waals surface area contributed by atoms with E-state index in [0.717, 1.165) is 6.92 Å². The molecule has 6 nitrogen and oxygen atoms in total. The topological polar surface area (TPSA) is 104 Å². The number of amides is 1. The molecule has 0 radical (unpaired) electrons. The Bertz CT molecular complexity index is 303. The molecule has 0 aromatic heterocycles. The molecule has 17 heavy (non-hydrogen) atoms. The Morgan fingerprint density at radius 3 is 2.12 bits per heavy atom. The van der Waals surface area contributed by atoms with Crippen LogP contribution in [0.15, 0.2) is 0 Å². The molecular weight excluding hydrogens is 266 g/mol. The fraction of sp³-hybridized carbons (Fsp3) is 0.667. The average Bonchev–Trinajstić information content (AvgIpc) is 2.11. The fourth-order valence-electron chi connectivity index (χ4n) is 1.40. The van der Waals surface area contributed by atoms with Gasteiger partial charge in [0.15, 0.2) is 0 Å². The van der Waals surface area contributed by atoms with Crippen LogP contribution >= 0.6 is 25.3 Å². The molecule has 8 heteroatoms. The number of thiol groups is 2.